The Morgan fingerprint density at radius 1 is 0.742 bits per heavy atom. The number of imidazole rings is 1. The van der Waals surface area contributed by atoms with E-state index in [1.54, 1.807) is 12.5 Å². The third-order valence-electron chi connectivity index (χ3n) is 5.24. The number of nitrogens with zero attached hydrogens (tertiary/aromatic N) is 4. The van der Waals surface area contributed by atoms with E-state index >= 15 is 0 Å². The van der Waals surface area contributed by atoms with Crippen molar-refractivity contribution >= 4 is 17.0 Å². The Balaban J connectivity index is 1.50. The number of rotatable bonds is 6. The zero-order valence-electron chi connectivity index (χ0n) is 16.7. The molecule has 0 spiro atoms. The number of nitrogens with one attached hydrogen (secondary N) is 1. The number of aromatic nitrogens is 4. The Kier molecular flexibility index (Phi) is 5.12. The average molecular weight is 407 g/mol. The van der Waals surface area contributed by atoms with E-state index in [0.29, 0.717) is 11.8 Å². The van der Waals surface area contributed by atoms with E-state index in [4.69, 9.17) is 4.98 Å². The molecule has 6 nitrogen and oxygen atoms in total. The molecule has 0 saturated heterocycles. The zero-order valence-corrected chi connectivity index (χ0v) is 16.7. The predicted octanol–water partition coefficient (Wildman–Crippen LogP) is 4.70. The average Bonchev–Trinajstić information content (AvgIpc) is 3.28. The highest BCUT2D eigenvalue weighted by Gasteiger charge is 2.23. The molecule has 2 N–H and O–H groups in total. The van der Waals surface area contributed by atoms with Crippen LogP contribution in [0.1, 0.15) is 23.3 Å². The Bertz CT molecular complexity index is 1290. The topological polar surface area (TPSA) is 75.9 Å². The van der Waals surface area contributed by atoms with Crippen LogP contribution in [0, 0.1) is 0 Å². The number of aliphatic hydroxyl groups excluding tert-OH is 1. The van der Waals surface area contributed by atoms with Crippen LogP contribution in [0.15, 0.2) is 104 Å². The first-order valence-electron chi connectivity index (χ1n) is 10.1. The molecule has 0 amide bonds. The number of hydrogen-bond acceptors (Lipinski definition) is 5. The highest BCUT2D eigenvalue weighted by atomic mass is 16.3. The van der Waals surface area contributed by atoms with E-state index in [1.165, 1.54) is 0 Å². The molecule has 0 fully saturated rings. The van der Waals surface area contributed by atoms with Crippen LogP contribution in [0.2, 0.25) is 0 Å². The van der Waals surface area contributed by atoms with Gasteiger partial charge in [-0.25, -0.2) is 9.97 Å². The minimum Gasteiger partial charge on any atom is -0.386 e. The van der Waals surface area contributed by atoms with Gasteiger partial charge in [0.2, 0.25) is 5.95 Å². The van der Waals surface area contributed by atoms with Crippen molar-refractivity contribution in [3.05, 3.63) is 115 Å². The normalized spacial score (nSPS) is 13.1. The summed E-state index contributed by atoms with van der Waals surface area (Å²) in [6, 6.07) is 28.8. The summed E-state index contributed by atoms with van der Waals surface area (Å²) in [5.74, 6) is 1.13. The van der Waals surface area contributed by atoms with Crippen LogP contribution in [-0.4, -0.2) is 24.6 Å². The molecule has 0 radical (unpaired) electrons. The summed E-state index contributed by atoms with van der Waals surface area (Å²) in [7, 11) is 0. The summed E-state index contributed by atoms with van der Waals surface area (Å²) in [6.45, 7) is 0. The molecule has 5 rings (SSSR count). The quantitative estimate of drug-likeness (QED) is 0.427. The van der Waals surface area contributed by atoms with Crippen LogP contribution in [-0.2, 0) is 0 Å². The molecule has 2 heterocycles. The maximum Gasteiger partial charge on any atom is 0.225 e. The second-order valence-corrected chi connectivity index (χ2v) is 7.23. The van der Waals surface area contributed by atoms with Crippen LogP contribution in [0.25, 0.3) is 16.9 Å². The summed E-state index contributed by atoms with van der Waals surface area (Å²) in [5.41, 5.74) is 3.63. The maximum absolute atomic E-state index is 11.2. The number of benzene rings is 3. The number of aliphatic hydroxyl groups is 1. The second-order valence-electron chi connectivity index (χ2n) is 7.23. The van der Waals surface area contributed by atoms with Gasteiger partial charge in [0.1, 0.15) is 18.2 Å². The van der Waals surface area contributed by atoms with E-state index < -0.39 is 12.1 Å². The van der Waals surface area contributed by atoms with Gasteiger partial charge in [-0.1, -0.05) is 72.8 Å². The molecule has 0 saturated carbocycles. The van der Waals surface area contributed by atoms with E-state index in [2.05, 4.69) is 15.3 Å². The SMILES string of the molecule is O[C@H](c1ccccc1)[C@@H](Nc1nccc(-n2cnc3ccccc32)n1)c1ccccc1. The number of anilines is 1. The van der Waals surface area contributed by atoms with E-state index in [0.717, 1.165) is 22.2 Å². The zero-order chi connectivity index (χ0) is 21.0. The van der Waals surface area contributed by atoms with Gasteiger partial charge in [0, 0.05) is 6.20 Å². The molecule has 0 aliphatic rings. The van der Waals surface area contributed by atoms with Crippen molar-refractivity contribution in [3.63, 3.8) is 0 Å². The molecule has 6 heteroatoms. The summed E-state index contributed by atoms with van der Waals surface area (Å²) in [6.07, 6.45) is 2.69. The molecule has 0 aliphatic carbocycles. The monoisotopic (exact) mass is 407 g/mol. The van der Waals surface area contributed by atoms with Crippen LogP contribution in [0.4, 0.5) is 5.95 Å². The second kappa shape index (κ2) is 8.38. The van der Waals surface area contributed by atoms with Crippen LogP contribution in [0.5, 0.6) is 0 Å². The Hall–Kier alpha value is -4.03. The van der Waals surface area contributed by atoms with Crippen molar-refractivity contribution < 1.29 is 5.11 Å². The third kappa shape index (κ3) is 3.89. The maximum atomic E-state index is 11.2. The van der Waals surface area contributed by atoms with Crippen LogP contribution in [0.3, 0.4) is 0 Å². The molecular formula is C25H21N5O. The van der Waals surface area contributed by atoms with Gasteiger partial charge in [0.15, 0.2) is 0 Å². The fourth-order valence-corrected chi connectivity index (χ4v) is 3.68. The van der Waals surface area contributed by atoms with Crippen molar-refractivity contribution in [1.29, 1.82) is 0 Å². The first-order chi connectivity index (χ1) is 15.3. The molecule has 2 aromatic heterocycles. The fourth-order valence-electron chi connectivity index (χ4n) is 3.68. The molecule has 0 unspecified atom stereocenters. The minimum absolute atomic E-state index is 0.418. The molecule has 0 bridgehead atoms. The van der Waals surface area contributed by atoms with E-state index in [-0.39, 0.29) is 0 Å². The van der Waals surface area contributed by atoms with Gasteiger partial charge in [-0.3, -0.25) is 4.57 Å². The molecular weight excluding hydrogens is 386 g/mol. The predicted molar refractivity (Wildman–Crippen MR) is 121 cm³/mol. The smallest absolute Gasteiger partial charge is 0.225 e. The minimum atomic E-state index is -0.773. The van der Waals surface area contributed by atoms with Crippen molar-refractivity contribution in [2.24, 2.45) is 0 Å². The van der Waals surface area contributed by atoms with Gasteiger partial charge >= 0.3 is 0 Å². The lowest BCUT2D eigenvalue weighted by Crippen LogP contribution is -2.21. The lowest BCUT2D eigenvalue weighted by atomic mass is 9.96. The van der Waals surface area contributed by atoms with Crippen LogP contribution < -0.4 is 5.32 Å². The summed E-state index contributed by atoms with van der Waals surface area (Å²) >= 11 is 0. The first kappa shape index (κ1) is 19.0. The van der Waals surface area contributed by atoms with Gasteiger partial charge in [-0.05, 0) is 29.3 Å². The van der Waals surface area contributed by atoms with Gasteiger partial charge in [-0.15, -0.1) is 0 Å². The van der Waals surface area contributed by atoms with Gasteiger partial charge < -0.3 is 10.4 Å². The largest absolute Gasteiger partial charge is 0.386 e. The van der Waals surface area contributed by atoms with E-state index in [1.807, 2.05) is 95.6 Å². The molecule has 31 heavy (non-hydrogen) atoms. The molecule has 0 aliphatic heterocycles. The highest BCUT2D eigenvalue weighted by molar-refractivity contribution is 5.76. The standard InChI is InChI=1S/C25H21N5O/c31-24(19-11-5-2-6-12-19)23(18-9-3-1-4-10-18)29-25-26-16-15-22(28-25)30-17-27-20-13-7-8-14-21(20)30/h1-17,23-24,31H,(H,26,28,29)/t23-,24+/m0/s1. The van der Waals surface area contributed by atoms with E-state index in [9.17, 15) is 5.11 Å². The van der Waals surface area contributed by atoms with Crippen molar-refractivity contribution in [2.45, 2.75) is 12.1 Å². The van der Waals surface area contributed by atoms with Crippen molar-refractivity contribution in [3.8, 4) is 5.82 Å². The Morgan fingerprint density at radius 2 is 1.42 bits per heavy atom. The van der Waals surface area contributed by atoms with Gasteiger partial charge in [0.25, 0.3) is 0 Å². The molecule has 152 valence electrons. The van der Waals surface area contributed by atoms with Gasteiger partial charge in [-0.2, -0.15) is 4.98 Å². The third-order valence-corrected chi connectivity index (χ3v) is 5.24. The lowest BCUT2D eigenvalue weighted by molar-refractivity contribution is 0.154. The number of fused-ring (bicyclic) bond motifs is 1. The van der Waals surface area contributed by atoms with Crippen molar-refractivity contribution in [2.75, 3.05) is 5.32 Å². The summed E-state index contributed by atoms with van der Waals surface area (Å²) in [5, 5.41) is 14.5. The Labute approximate surface area is 179 Å². The van der Waals surface area contributed by atoms with Gasteiger partial charge in [0.05, 0.1) is 17.1 Å². The van der Waals surface area contributed by atoms with Crippen LogP contribution >= 0.6 is 0 Å². The molecule has 5 aromatic rings. The fraction of sp³-hybridized carbons (Fsp3) is 0.0800. The Morgan fingerprint density at radius 3 is 2.19 bits per heavy atom. The molecule has 3 aromatic carbocycles. The summed E-state index contributed by atoms with van der Waals surface area (Å²) < 4.78 is 1.92. The highest BCUT2D eigenvalue weighted by Crippen LogP contribution is 2.31. The lowest BCUT2D eigenvalue weighted by Gasteiger charge is -2.25. The summed E-state index contributed by atoms with van der Waals surface area (Å²) in [4.78, 5) is 13.5. The molecule has 2 atom stereocenters. The van der Waals surface area contributed by atoms with Crippen molar-refractivity contribution in [1.82, 2.24) is 19.5 Å². The number of hydrogen-bond donors (Lipinski definition) is 2. The number of para-hydroxylation sites is 2. The first-order valence-corrected chi connectivity index (χ1v) is 10.1.